The van der Waals surface area contributed by atoms with E-state index >= 15 is 0 Å². The van der Waals surface area contributed by atoms with E-state index in [0.29, 0.717) is 33.1 Å². The van der Waals surface area contributed by atoms with Crippen LogP contribution in [0.25, 0.3) is 0 Å². The lowest BCUT2D eigenvalue weighted by atomic mass is 10.2. The molecule has 0 unspecified atom stereocenters. The zero-order chi connectivity index (χ0) is 21.6. The minimum Gasteiger partial charge on any atom is -0.354 e. The molecule has 0 aliphatic heterocycles. The van der Waals surface area contributed by atoms with Gasteiger partial charge in [-0.3, -0.25) is 9.10 Å². The second kappa shape index (κ2) is 10.8. The first-order valence-electron chi connectivity index (χ1n) is 8.60. The molecule has 0 heterocycles. The number of thioether (sulfide) groups is 1. The Morgan fingerprint density at radius 2 is 1.79 bits per heavy atom. The molecule has 0 saturated heterocycles. The first kappa shape index (κ1) is 24.2. The standard InChI is InChI=1S/C19H21Cl3N2O3S2/c1-13-3-5-15(10-17(13)21)24(29(2,26)27)11-19(25)23-7-8-28-12-14-4-6-16(20)18(22)9-14/h3-6,9-10H,7-8,11-12H2,1-2H3,(H,23,25). The van der Waals surface area contributed by atoms with Gasteiger partial charge >= 0.3 is 0 Å². The van der Waals surface area contributed by atoms with Crippen LogP contribution in [0.2, 0.25) is 15.1 Å². The third-order valence-corrected chi connectivity index (χ3v) is 7.27. The number of hydrogen-bond acceptors (Lipinski definition) is 4. The largest absolute Gasteiger partial charge is 0.354 e. The summed E-state index contributed by atoms with van der Waals surface area (Å²) in [6.07, 6.45) is 1.06. The molecule has 0 radical (unpaired) electrons. The van der Waals surface area contributed by atoms with Crippen molar-refractivity contribution in [2.45, 2.75) is 12.7 Å². The van der Waals surface area contributed by atoms with E-state index < -0.39 is 10.0 Å². The van der Waals surface area contributed by atoms with Gasteiger partial charge in [0.05, 0.1) is 22.0 Å². The highest BCUT2D eigenvalue weighted by molar-refractivity contribution is 7.98. The highest BCUT2D eigenvalue weighted by Gasteiger charge is 2.21. The summed E-state index contributed by atoms with van der Waals surface area (Å²) >= 11 is 19.6. The smallest absolute Gasteiger partial charge is 0.240 e. The number of nitrogens with zero attached hydrogens (tertiary/aromatic N) is 1. The lowest BCUT2D eigenvalue weighted by Gasteiger charge is -2.22. The van der Waals surface area contributed by atoms with Crippen molar-refractivity contribution in [2.24, 2.45) is 0 Å². The first-order valence-corrected chi connectivity index (χ1v) is 12.7. The van der Waals surface area contributed by atoms with Gasteiger partial charge in [-0.15, -0.1) is 0 Å². The van der Waals surface area contributed by atoms with Gasteiger partial charge in [0, 0.05) is 23.1 Å². The Hall–Kier alpha value is -1.12. The third-order valence-electron chi connectivity index (χ3n) is 3.95. The van der Waals surface area contributed by atoms with E-state index in [1.807, 2.05) is 19.1 Å². The Bertz CT molecular complexity index is 985. The van der Waals surface area contributed by atoms with E-state index in [9.17, 15) is 13.2 Å². The van der Waals surface area contributed by atoms with Crippen LogP contribution in [-0.4, -0.2) is 39.4 Å². The molecule has 0 aliphatic rings. The Kier molecular flexibility index (Phi) is 8.97. The average Bonchev–Trinajstić information content (AvgIpc) is 2.64. The van der Waals surface area contributed by atoms with Crippen molar-refractivity contribution in [3.8, 4) is 0 Å². The second-order valence-electron chi connectivity index (χ2n) is 6.35. The van der Waals surface area contributed by atoms with Crippen LogP contribution in [0.5, 0.6) is 0 Å². The summed E-state index contributed by atoms with van der Waals surface area (Å²) in [5, 5.41) is 4.20. The zero-order valence-corrected chi connectivity index (χ0v) is 19.8. The minimum atomic E-state index is -3.64. The molecule has 0 fully saturated rings. The van der Waals surface area contributed by atoms with E-state index in [1.165, 1.54) is 6.07 Å². The number of anilines is 1. The van der Waals surface area contributed by atoms with Crippen LogP contribution in [0.4, 0.5) is 5.69 Å². The van der Waals surface area contributed by atoms with Gasteiger partial charge in [0.15, 0.2) is 0 Å². The van der Waals surface area contributed by atoms with Crippen molar-refractivity contribution in [1.82, 2.24) is 5.32 Å². The molecule has 1 N–H and O–H groups in total. The highest BCUT2D eigenvalue weighted by Crippen LogP contribution is 2.25. The molecule has 0 spiro atoms. The number of carbonyl (C=O) groups is 1. The van der Waals surface area contributed by atoms with E-state index in [0.717, 1.165) is 27.4 Å². The van der Waals surface area contributed by atoms with Crippen molar-refractivity contribution < 1.29 is 13.2 Å². The maximum Gasteiger partial charge on any atom is 0.240 e. The molecule has 2 aromatic rings. The topological polar surface area (TPSA) is 66.5 Å². The second-order valence-corrected chi connectivity index (χ2v) is 10.6. The van der Waals surface area contributed by atoms with E-state index in [2.05, 4.69) is 5.32 Å². The number of aryl methyl sites for hydroxylation is 1. The van der Waals surface area contributed by atoms with Crippen molar-refractivity contribution in [1.29, 1.82) is 0 Å². The summed E-state index contributed by atoms with van der Waals surface area (Å²) in [7, 11) is -3.64. The van der Waals surface area contributed by atoms with E-state index in [-0.39, 0.29) is 12.5 Å². The quantitative estimate of drug-likeness (QED) is 0.509. The summed E-state index contributed by atoms with van der Waals surface area (Å²) in [6.45, 7) is 1.92. The number of amides is 1. The molecule has 0 bridgehead atoms. The third kappa shape index (κ3) is 7.57. The molecule has 10 heteroatoms. The van der Waals surface area contributed by atoms with Crippen LogP contribution in [0.1, 0.15) is 11.1 Å². The van der Waals surface area contributed by atoms with Gasteiger partial charge in [-0.25, -0.2) is 8.42 Å². The molecule has 2 aromatic carbocycles. The lowest BCUT2D eigenvalue weighted by Crippen LogP contribution is -2.41. The molecular weight excluding hydrogens is 475 g/mol. The van der Waals surface area contributed by atoms with Gasteiger partial charge in [0.25, 0.3) is 0 Å². The summed E-state index contributed by atoms with van der Waals surface area (Å²) in [5.74, 6) is 1.01. The van der Waals surface area contributed by atoms with Gasteiger partial charge in [0.1, 0.15) is 6.54 Å². The highest BCUT2D eigenvalue weighted by atomic mass is 35.5. The molecule has 5 nitrogen and oxygen atoms in total. The average molecular weight is 496 g/mol. The van der Waals surface area contributed by atoms with E-state index in [4.69, 9.17) is 34.8 Å². The van der Waals surface area contributed by atoms with Crippen LogP contribution in [0, 0.1) is 6.92 Å². The SMILES string of the molecule is Cc1ccc(N(CC(=O)NCCSCc2ccc(Cl)c(Cl)c2)S(C)(=O)=O)cc1Cl. The monoisotopic (exact) mass is 494 g/mol. The number of rotatable bonds is 9. The van der Waals surface area contributed by atoms with Gasteiger partial charge in [-0.1, -0.05) is 46.9 Å². The fourth-order valence-electron chi connectivity index (χ4n) is 2.41. The van der Waals surface area contributed by atoms with Crippen molar-refractivity contribution >= 4 is 68.2 Å². The Balaban J connectivity index is 1.85. The van der Waals surface area contributed by atoms with E-state index in [1.54, 1.807) is 30.0 Å². The minimum absolute atomic E-state index is 0.310. The maximum atomic E-state index is 12.2. The molecule has 0 aromatic heterocycles. The number of sulfonamides is 1. The van der Waals surface area contributed by atoms with Crippen LogP contribution >= 0.6 is 46.6 Å². The van der Waals surface area contributed by atoms with Crippen LogP contribution < -0.4 is 9.62 Å². The van der Waals surface area contributed by atoms with Crippen LogP contribution in [-0.2, 0) is 20.6 Å². The molecule has 0 atom stereocenters. The summed E-state index contributed by atoms with van der Waals surface area (Å²) < 4.78 is 25.3. The molecule has 1 amide bonds. The fourth-order valence-corrected chi connectivity index (χ4v) is 4.56. The molecule has 2 rings (SSSR count). The predicted octanol–water partition coefficient (Wildman–Crippen LogP) is 4.77. The predicted molar refractivity (Wildman–Crippen MR) is 124 cm³/mol. The number of halogens is 3. The zero-order valence-electron chi connectivity index (χ0n) is 15.9. The van der Waals surface area contributed by atoms with Crippen molar-refractivity contribution in [3.63, 3.8) is 0 Å². The number of benzene rings is 2. The van der Waals surface area contributed by atoms with Gasteiger partial charge in [-0.2, -0.15) is 11.8 Å². The molecule has 0 aliphatic carbocycles. The summed E-state index contributed by atoms with van der Waals surface area (Å²) in [6, 6.07) is 10.3. The van der Waals surface area contributed by atoms with Crippen LogP contribution in [0.3, 0.4) is 0 Å². The summed E-state index contributed by atoms with van der Waals surface area (Å²) in [5.41, 5.74) is 2.22. The number of hydrogen-bond donors (Lipinski definition) is 1. The Labute approximate surface area is 190 Å². The van der Waals surface area contributed by atoms with Crippen molar-refractivity contribution in [3.05, 3.63) is 62.6 Å². The number of carbonyl (C=O) groups excluding carboxylic acids is 1. The Morgan fingerprint density at radius 3 is 2.41 bits per heavy atom. The molecule has 0 saturated carbocycles. The molecule has 158 valence electrons. The normalized spacial score (nSPS) is 11.3. The maximum absolute atomic E-state index is 12.2. The van der Waals surface area contributed by atoms with Crippen molar-refractivity contribution in [2.75, 3.05) is 29.4 Å². The van der Waals surface area contributed by atoms with Gasteiger partial charge in [-0.05, 0) is 42.3 Å². The van der Waals surface area contributed by atoms with Crippen LogP contribution in [0.15, 0.2) is 36.4 Å². The van der Waals surface area contributed by atoms with Gasteiger partial charge in [0.2, 0.25) is 15.9 Å². The van der Waals surface area contributed by atoms with Gasteiger partial charge < -0.3 is 5.32 Å². The Morgan fingerprint density at radius 1 is 1.07 bits per heavy atom. The fraction of sp³-hybridized carbons (Fsp3) is 0.316. The lowest BCUT2D eigenvalue weighted by molar-refractivity contribution is -0.119. The first-order chi connectivity index (χ1) is 13.6. The number of nitrogens with one attached hydrogen (secondary N) is 1. The molecule has 29 heavy (non-hydrogen) atoms. The summed E-state index contributed by atoms with van der Waals surface area (Å²) in [4.78, 5) is 12.2. The molecular formula is C19H21Cl3N2O3S2.